The van der Waals surface area contributed by atoms with Gasteiger partial charge in [0.2, 0.25) is 0 Å². The zero-order chi connectivity index (χ0) is 20.8. The number of H-pyrrole nitrogens is 1. The number of fused-ring (bicyclic) bond motifs is 2. The highest BCUT2D eigenvalue weighted by Crippen LogP contribution is 2.37. The minimum absolute atomic E-state index is 0.0439. The molecule has 10 heteroatoms. The highest BCUT2D eigenvalue weighted by atomic mass is 19.4. The predicted molar refractivity (Wildman–Crippen MR) is 96.8 cm³/mol. The highest BCUT2D eigenvalue weighted by molar-refractivity contribution is 6.03. The third-order valence-corrected chi connectivity index (χ3v) is 5.39. The van der Waals surface area contributed by atoms with Crippen molar-refractivity contribution < 1.29 is 27.5 Å². The fraction of sp³-hybridized carbons (Fsp3) is 0.421. The number of anilines is 1. The summed E-state index contributed by atoms with van der Waals surface area (Å²) in [7, 11) is 1.57. The van der Waals surface area contributed by atoms with Gasteiger partial charge in [0.25, 0.3) is 11.8 Å². The first-order valence-electron chi connectivity index (χ1n) is 9.18. The van der Waals surface area contributed by atoms with Crippen molar-refractivity contribution in [1.29, 1.82) is 0 Å². The van der Waals surface area contributed by atoms with Crippen LogP contribution < -0.4 is 15.0 Å². The predicted octanol–water partition coefficient (Wildman–Crippen LogP) is 2.23. The molecule has 1 aliphatic carbocycles. The van der Waals surface area contributed by atoms with Gasteiger partial charge in [-0.05, 0) is 31.4 Å². The number of alkyl halides is 3. The number of nitrogens with one attached hydrogen (secondary N) is 2. The Balaban J connectivity index is 1.53. The van der Waals surface area contributed by atoms with Gasteiger partial charge < -0.3 is 15.0 Å². The Morgan fingerprint density at radius 3 is 2.86 bits per heavy atom. The second-order valence-electron chi connectivity index (χ2n) is 7.21. The van der Waals surface area contributed by atoms with Crippen LogP contribution >= 0.6 is 0 Å². The maximum absolute atomic E-state index is 13.1. The number of aromatic nitrogens is 2. The monoisotopic (exact) mass is 408 g/mol. The minimum Gasteiger partial charge on any atom is -0.489 e. The van der Waals surface area contributed by atoms with Gasteiger partial charge in [-0.25, -0.2) is 0 Å². The summed E-state index contributed by atoms with van der Waals surface area (Å²) in [5.74, 6) is -2.10. The van der Waals surface area contributed by atoms with E-state index in [2.05, 4.69) is 15.5 Å². The Hall–Kier alpha value is -3.04. The largest absolute Gasteiger partial charge is 0.489 e. The van der Waals surface area contributed by atoms with Gasteiger partial charge in [0, 0.05) is 18.3 Å². The van der Waals surface area contributed by atoms with Crippen LogP contribution in [0.25, 0.3) is 0 Å². The molecule has 0 saturated carbocycles. The Morgan fingerprint density at radius 1 is 1.34 bits per heavy atom. The number of amides is 2. The van der Waals surface area contributed by atoms with Crippen LogP contribution in [0, 0.1) is 5.92 Å². The molecule has 0 bridgehead atoms. The molecule has 2 amide bonds. The third kappa shape index (κ3) is 3.54. The van der Waals surface area contributed by atoms with Crippen molar-refractivity contribution in [3.8, 4) is 5.75 Å². The lowest BCUT2D eigenvalue weighted by molar-refractivity contribution is -0.177. The topological polar surface area (TPSA) is 87.3 Å². The van der Waals surface area contributed by atoms with E-state index in [9.17, 15) is 22.8 Å². The number of aromatic amines is 1. The van der Waals surface area contributed by atoms with E-state index < -0.39 is 24.0 Å². The van der Waals surface area contributed by atoms with Gasteiger partial charge in [-0.3, -0.25) is 14.7 Å². The van der Waals surface area contributed by atoms with Crippen molar-refractivity contribution in [2.75, 3.05) is 18.6 Å². The first kappa shape index (κ1) is 19.3. The molecule has 29 heavy (non-hydrogen) atoms. The van der Waals surface area contributed by atoms with Gasteiger partial charge in [0.15, 0.2) is 5.69 Å². The van der Waals surface area contributed by atoms with Gasteiger partial charge in [0.1, 0.15) is 18.4 Å². The molecule has 0 spiro atoms. The number of halogens is 3. The molecule has 1 aromatic heterocycles. The number of aryl methyl sites for hydroxylation is 1. The third-order valence-electron chi connectivity index (χ3n) is 5.39. The molecule has 0 unspecified atom stereocenters. The number of nitrogens with zero attached hydrogens (tertiary/aromatic N) is 2. The van der Waals surface area contributed by atoms with Crippen molar-refractivity contribution in [1.82, 2.24) is 15.5 Å². The minimum atomic E-state index is -4.33. The first-order valence-corrected chi connectivity index (χ1v) is 9.18. The molecule has 0 saturated heterocycles. The number of rotatable bonds is 2. The summed E-state index contributed by atoms with van der Waals surface area (Å²) < 4.78 is 45.0. The molecule has 2 N–H and O–H groups in total. The molecule has 7 nitrogen and oxygen atoms in total. The molecule has 2 aliphatic rings. The van der Waals surface area contributed by atoms with Crippen LogP contribution in [0.1, 0.15) is 28.2 Å². The molecule has 1 aliphatic heterocycles. The zero-order valence-corrected chi connectivity index (χ0v) is 15.5. The van der Waals surface area contributed by atoms with Gasteiger partial charge in [0.05, 0.1) is 11.6 Å². The van der Waals surface area contributed by atoms with Crippen LogP contribution in [-0.4, -0.2) is 47.9 Å². The van der Waals surface area contributed by atoms with Gasteiger partial charge >= 0.3 is 6.18 Å². The lowest BCUT2D eigenvalue weighted by Crippen LogP contribution is -2.49. The fourth-order valence-electron chi connectivity index (χ4n) is 3.75. The van der Waals surface area contributed by atoms with Crippen LogP contribution in [0.4, 0.5) is 18.9 Å². The summed E-state index contributed by atoms with van der Waals surface area (Å²) in [6, 6.07) is 5.97. The summed E-state index contributed by atoms with van der Waals surface area (Å²) in [5, 5.41) is 9.14. The molecule has 0 fully saturated rings. The smallest absolute Gasteiger partial charge is 0.392 e. The number of carbonyl (C=O) groups excluding carboxylic acids is 2. The van der Waals surface area contributed by atoms with Crippen LogP contribution in [0.5, 0.6) is 5.75 Å². The summed E-state index contributed by atoms with van der Waals surface area (Å²) in [5.41, 5.74) is 1.25. The van der Waals surface area contributed by atoms with Crippen LogP contribution in [-0.2, 0) is 17.6 Å². The SMILES string of the molecule is CN1C(=O)[C@@H](NC(=O)c2n[nH]c3c2C[C@H](C(F)(F)F)CC3)COc2ccccc21. The van der Waals surface area contributed by atoms with E-state index in [1.807, 2.05) is 0 Å². The van der Waals surface area contributed by atoms with Crippen molar-refractivity contribution in [3.05, 3.63) is 41.2 Å². The van der Waals surface area contributed by atoms with Crippen LogP contribution in [0.3, 0.4) is 0 Å². The molecule has 2 aromatic rings. The Labute approximate surface area is 164 Å². The summed E-state index contributed by atoms with van der Waals surface area (Å²) >= 11 is 0. The van der Waals surface area contributed by atoms with E-state index in [4.69, 9.17) is 4.74 Å². The Morgan fingerprint density at radius 2 is 2.10 bits per heavy atom. The standard InChI is InChI=1S/C19H19F3N4O3/c1-26-14-4-2-3-5-15(14)29-9-13(18(26)28)23-17(27)16-11-8-10(19(20,21)22)6-7-12(11)24-25-16/h2-5,10,13H,6-9H2,1H3,(H,23,27)(H,24,25)/t10-,13+/m1/s1. The van der Waals surface area contributed by atoms with E-state index in [-0.39, 0.29) is 43.0 Å². The van der Waals surface area contributed by atoms with Crippen molar-refractivity contribution >= 4 is 17.5 Å². The highest BCUT2D eigenvalue weighted by Gasteiger charge is 2.43. The second-order valence-corrected chi connectivity index (χ2v) is 7.21. The van der Waals surface area contributed by atoms with Gasteiger partial charge in [-0.15, -0.1) is 0 Å². The van der Waals surface area contributed by atoms with Gasteiger partial charge in [-0.2, -0.15) is 18.3 Å². The molecular formula is C19H19F3N4O3. The normalized spacial score (nSPS) is 21.7. The molecular weight excluding hydrogens is 389 g/mol. The number of likely N-dealkylation sites (N-methyl/N-ethyl adjacent to an activating group) is 1. The lowest BCUT2D eigenvalue weighted by atomic mass is 9.86. The Kier molecular flexibility index (Phi) is 4.71. The van der Waals surface area contributed by atoms with E-state index in [0.29, 0.717) is 17.1 Å². The van der Waals surface area contributed by atoms with Crippen molar-refractivity contribution in [2.45, 2.75) is 31.5 Å². The average Bonchev–Trinajstić information content (AvgIpc) is 3.08. The second kappa shape index (κ2) is 7.09. The lowest BCUT2D eigenvalue weighted by Gasteiger charge is -2.24. The number of ether oxygens (including phenoxy) is 1. The number of para-hydroxylation sites is 2. The maximum Gasteiger partial charge on any atom is 0.392 e. The van der Waals surface area contributed by atoms with E-state index in [1.165, 1.54) is 4.90 Å². The first-order chi connectivity index (χ1) is 13.8. The summed E-state index contributed by atoms with van der Waals surface area (Å²) in [6.45, 7) is -0.0935. The summed E-state index contributed by atoms with van der Waals surface area (Å²) in [6.07, 6.45) is -4.51. The van der Waals surface area contributed by atoms with E-state index in [0.717, 1.165) is 0 Å². The van der Waals surface area contributed by atoms with Gasteiger partial charge in [-0.1, -0.05) is 12.1 Å². The molecule has 4 rings (SSSR count). The summed E-state index contributed by atoms with van der Waals surface area (Å²) in [4.78, 5) is 26.9. The van der Waals surface area contributed by atoms with Crippen LogP contribution in [0.2, 0.25) is 0 Å². The number of benzene rings is 1. The molecule has 0 radical (unpaired) electrons. The van der Waals surface area contributed by atoms with E-state index >= 15 is 0 Å². The van der Waals surface area contributed by atoms with Crippen molar-refractivity contribution in [2.24, 2.45) is 5.92 Å². The van der Waals surface area contributed by atoms with E-state index in [1.54, 1.807) is 31.3 Å². The Bertz CT molecular complexity index is 956. The molecule has 2 atom stereocenters. The zero-order valence-electron chi connectivity index (χ0n) is 15.5. The molecule has 2 heterocycles. The molecule has 154 valence electrons. The number of carbonyl (C=O) groups is 2. The molecule has 1 aromatic carbocycles. The number of hydrogen-bond donors (Lipinski definition) is 2. The maximum atomic E-state index is 13.1. The average molecular weight is 408 g/mol. The fourth-order valence-corrected chi connectivity index (χ4v) is 3.75. The van der Waals surface area contributed by atoms with Crippen molar-refractivity contribution in [3.63, 3.8) is 0 Å². The number of hydrogen-bond acceptors (Lipinski definition) is 4. The quantitative estimate of drug-likeness (QED) is 0.798. The van der Waals surface area contributed by atoms with Crippen LogP contribution in [0.15, 0.2) is 24.3 Å².